The second kappa shape index (κ2) is 4.29. The second-order valence-electron chi connectivity index (χ2n) is 4.17. The van der Waals surface area contributed by atoms with E-state index >= 15 is 0 Å². The summed E-state index contributed by atoms with van der Waals surface area (Å²) in [6.07, 6.45) is 2.35. The molecule has 0 radical (unpaired) electrons. The fraction of sp³-hybridized carbons (Fsp3) is 0.455. The Balaban J connectivity index is 2.74. The second-order valence-corrected chi connectivity index (χ2v) is 4.17. The van der Waals surface area contributed by atoms with Crippen LogP contribution >= 0.6 is 0 Å². The Kier molecular flexibility index (Phi) is 3.29. The summed E-state index contributed by atoms with van der Waals surface area (Å²) in [5, 5.41) is 2.90. The van der Waals surface area contributed by atoms with E-state index in [2.05, 4.69) is 10.3 Å². The van der Waals surface area contributed by atoms with Crippen molar-refractivity contribution in [3.05, 3.63) is 24.0 Å². The molecule has 3 N–H and O–H groups in total. The number of amides is 1. The van der Waals surface area contributed by atoms with E-state index in [0.717, 1.165) is 6.42 Å². The topological polar surface area (TPSA) is 68.0 Å². The zero-order chi connectivity index (χ0) is 11.5. The molecule has 1 aromatic rings. The Labute approximate surface area is 89.9 Å². The average molecular weight is 207 g/mol. The highest BCUT2D eigenvalue weighted by atomic mass is 16.2. The molecule has 0 aliphatic heterocycles. The van der Waals surface area contributed by atoms with Crippen molar-refractivity contribution in [1.82, 2.24) is 10.3 Å². The molecule has 0 unspecified atom stereocenters. The predicted molar refractivity (Wildman–Crippen MR) is 60.5 cm³/mol. The third-order valence-corrected chi connectivity index (χ3v) is 2.35. The summed E-state index contributed by atoms with van der Waals surface area (Å²) < 4.78 is 0. The first kappa shape index (κ1) is 11.5. The minimum Gasteiger partial charge on any atom is -0.397 e. The van der Waals surface area contributed by atoms with E-state index in [9.17, 15) is 4.79 Å². The van der Waals surface area contributed by atoms with Gasteiger partial charge in [0.15, 0.2) is 0 Å². The number of hydrogen-bond acceptors (Lipinski definition) is 3. The minimum atomic E-state index is -0.208. The van der Waals surface area contributed by atoms with Crippen LogP contribution in [0.4, 0.5) is 5.69 Å². The monoisotopic (exact) mass is 207 g/mol. The number of nitrogens with one attached hydrogen (secondary N) is 1. The van der Waals surface area contributed by atoms with E-state index in [1.807, 2.05) is 20.8 Å². The van der Waals surface area contributed by atoms with Crippen LogP contribution in [0.25, 0.3) is 0 Å². The maximum atomic E-state index is 11.7. The molecule has 4 nitrogen and oxygen atoms in total. The average Bonchev–Trinajstić information content (AvgIpc) is 2.18. The zero-order valence-corrected chi connectivity index (χ0v) is 9.37. The molecule has 1 aromatic heterocycles. The Morgan fingerprint density at radius 3 is 2.67 bits per heavy atom. The molecule has 0 aromatic carbocycles. The van der Waals surface area contributed by atoms with Crippen LogP contribution in [0.1, 0.15) is 37.7 Å². The molecule has 0 atom stereocenters. The Morgan fingerprint density at radius 1 is 1.53 bits per heavy atom. The SMILES string of the molecule is CCC(C)(C)NC(=O)c1ccc(N)cn1. The number of carbonyl (C=O) groups excluding carboxylic acids is 1. The number of carbonyl (C=O) groups is 1. The molecular formula is C11H17N3O. The lowest BCUT2D eigenvalue weighted by molar-refractivity contribution is 0.0906. The highest BCUT2D eigenvalue weighted by Crippen LogP contribution is 2.09. The lowest BCUT2D eigenvalue weighted by Crippen LogP contribution is -2.43. The third-order valence-electron chi connectivity index (χ3n) is 2.35. The van der Waals surface area contributed by atoms with Crippen molar-refractivity contribution in [3.63, 3.8) is 0 Å². The Hall–Kier alpha value is -1.58. The summed E-state index contributed by atoms with van der Waals surface area (Å²) in [6.45, 7) is 5.97. The van der Waals surface area contributed by atoms with Crippen molar-refractivity contribution in [2.24, 2.45) is 0 Å². The van der Waals surface area contributed by atoms with Gasteiger partial charge in [0.2, 0.25) is 0 Å². The van der Waals surface area contributed by atoms with Gasteiger partial charge in [0.25, 0.3) is 5.91 Å². The number of pyridine rings is 1. The fourth-order valence-electron chi connectivity index (χ4n) is 0.999. The van der Waals surface area contributed by atoms with Crippen molar-refractivity contribution in [1.29, 1.82) is 0 Å². The van der Waals surface area contributed by atoms with E-state index in [1.54, 1.807) is 12.1 Å². The zero-order valence-electron chi connectivity index (χ0n) is 9.37. The van der Waals surface area contributed by atoms with Crippen LogP contribution in [0.2, 0.25) is 0 Å². The maximum Gasteiger partial charge on any atom is 0.270 e. The smallest absolute Gasteiger partial charge is 0.270 e. The first-order valence-corrected chi connectivity index (χ1v) is 4.98. The highest BCUT2D eigenvalue weighted by molar-refractivity contribution is 5.92. The molecule has 0 spiro atoms. The van der Waals surface area contributed by atoms with E-state index < -0.39 is 0 Å². The molecule has 0 fully saturated rings. The molecular weight excluding hydrogens is 190 g/mol. The van der Waals surface area contributed by atoms with Gasteiger partial charge in [-0.1, -0.05) is 6.92 Å². The van der Waals surface area contributed by atoms with Crippen molar-refractivity contribution < 1.29 is 4.79 Å². The van der Waals surface area contributed by atoms with Gasteiger partial charge in [-0.05, 0) is 32.4 Å². The molecule has 1 rings (SSSR count). The molecule has 0 aliphatic carbocycles. The van der Waals surface area contributed by atoms with Gasteiger partial charge in [0, 0.05) is 5.54 Å². The van der Waals surface area contributed by atoms with Gasteiger partial charge in [-0.25, -0.2) is 4.98 Å². The van der Waals surface area contributed by atoms with Gasteiger partial charge in [-0.3, -0.25) is 4.79 Å². The predicted octanol–water partition coefficient (Wildman–Crippen LogP) is 1.58. The summed E-state index contributed by atoms with van der Waals surface area (Å²) in [5.41, 5.74) is 6.23. The number of aromatic nitrogens is 1. The molecule has 0 saturated heterocycles. The van der Waals surface area contributed by atoms with E-state index in [0.29, 0.717) is 11.4 Å². The Morgan fingerprint density at radius 2 is 2.20 bits per heavy atom. The molecule has 1 heterocycles. The maximum absolute atomic E-state index is 11.7. The van der Waals surface area contributed by atoms with E-state index in [4.69, 9.17) is 5.73 Å². The lowest BCUT2D eigenvalue weighted by atomic mass is 10.0. The summed E-state index contributed by atoms with van der Waals surface area (Å²) >= 11 is 0. The number of rotatable bonds is 3. The molecule has 82 valence electrons. The number of nitrogens with zero attached hydrogens (tertiary/aromatic N) is 1. The largest absolute Gasteiger partial charge is 0.397 e. The summed E-state index contributed by atoms with van der Waals surface area (Å²) in [5.74, 6) is -0.165. The number of nitrogens with two attached hydrogens (primary N) is 1. The standard InChI is InChI=1S/C11H17N3O/c1-4-11(2,3)14-10(15)9-6-5-8(12)7-13-9/h5-7H,4,12H2,1-3H3,(H,14,15). The lowest BCUT2D eigenvalue weighted by Gasteiger charge is -2.24. The fourth-order valence-corrected chi connectivity index (χ4v) is 0.999. The highest BCUT2D eigenvalue weighted by Gasteiger charge is 2.19. The van der Waals surface area contributed by atoms with Gasteiger partial charge in [0.05, 0.1) is 11.9 Å². The van der Waals surface area contributed by atoms with Crippen LogP contribution in [0, 0.1) is 0 Å². The van der Waals surface area contributed by atoms with Gasteiger partial charge >= 0.3 is 0 Å². The normalized spacial score (nSPS) is 11.1. The van der Waals surface area contributed by atoms with Crippen molar-refractivity contribution in [2.75, 3.05) is 5.73 Å². The van der Waals surface area contributed by atoms with Gasteiger partial charge < -0.3 is 11.1 Å². The molecule has 0 aliphatic rings. The number of hydrogen-bond donors (Lipinski definition) is 2. The van der Waals surface area contributed by atoms with Crippen molar-refractivity contribution in [3.8, 4) is 0 Å². The molecule has 0 bridgehead atoms. The van der Waals surface area contributed by atoms with Gasteiger partial charge in [0.1, 0.15) is 5.69 Å². The first-order chi connectivity index (χ1) is 6.94. The van der Waals surface area contributed by atoms with Crippen LogP contribution in [0.3, 0.4) is 0 Å². The van der Waals surface area contributed by atoms with Gasteiger partial charge in [-0.15, -0.1) is 0 Å². The van der Waals surface area contributed by atoms with Crippen LogP contribution in [0.15, 0.2) is 18.3 Å². The third kappa shape index (κ3) is 3.23. The summed E-state index contributed by atoms with van der Waals surface area (Å²) in [4.78, 5) is 15.7. The molecule has 1 amide bonds. The van der Waals surface area contributed by atoms with Crippen LogP contribution in [-0.2, 0) is 0 Å². The summed E-state index contributed by atoms with van der Waals surface area (Å²) in [6, 6.07) is 3.29. The molecule has 15 heavy (non-hydrogen) atoms. The number of nitrogen functional groups attached to an aromatic ring is 1. The Bertz CT molecular complexity index is 343. The van der Waals surface area contributed by atoms with Crippen LogP contribution in [0.5, 0.6) is 0 Å². The van der Waals surface area contributed by atoms with Crippen molar-refractivity contribution >= 4 is 11.6 Å². The summed E-state index contributed by atoms with van der Waals surface area (Å²) in [7, 11) is 0. The number of anilines is 1. The van der Waals surface area contributed by atoms with Crippen molar-refractivity contribution in [2.45, 2.75) is 32.7 Å². The van der Waals surface area contributed by atoms with E-state index in [1.165, 1.54) is 6.20 Å². The molecule has 4 heteroatoms. The van der Waals surface area contributed by atoms with Crippen LogP contribution < -0.4 is 11.1 Å². The first-order valence-electron chi connectivity index (χ1n) is 4.98. The van der Waals surface area contributed by atoms with E-state index in [-0.39, 0.29) is 11.4 Å². The molecule has 0 saturated carbocycles. The van der Waals surface area contributed by atoms with Gasteiger partial charge in [-0.2, -0.15) is 0 Å². The quantitative estimate of drug-likeness (QED) is 0.790. The van der Waals surface area contributed by atoms with Crippen LogP contribution in [-0.4, -0.2) is 16.4 Å². The minimum absolute atomic E-state index is 0.165.